The van der Waals surface area contributed by atoms with Crippen LogP contribution in [0.5, 0.6) is 0 Å². The molecule has 0 spiro atoms. The molecule has 0 aliphatic heterocycles. The lowest BCUT2D eigenvalue weighted by molar-refractivity contribution is -0.121. The zero-order valence-electron chi connectivity index (χ0n) is 11.9. The van der Waals surface area contributed by atoms with Crippen molar-refractivity contribution in [1.82, 2.24) is 10.6 Å². The number of benzene rings is 1. The topological polar surface area (TPSA) is 41.1 Å². The monoisotopic (exact) mass is 266 g/mol. The maximum absolute atomic E-state index is 13.4. The average Bonchev–Trinajstić information content (AvgIpc) is 2.39. The van der Waals surface area contributed by atoms with Crippen molar-refractivity contribution in [2.75, 3.05) is 13.1 Å². The van der Waals surface area contributed by atoms with E-state index in [2.05, 4.69) is 10.6 Å². The van der Waals surface area contributed by atoms with Gasteiger partial charge in [0.15, 0.2) is 0 Å². The fourth-order valence-corrected chi connectivity index (χ4v) is 1.75. The predicted octanol–water partition coefficient (Wildman–Crippen LogP) is 2.70. The van der Waals surface area contributed by atoms with E-state index in [0.717, 1.165) is 18.5 Å². The zero-order valence-corrected chi connectivity index (χ0v) is 11.9. The lowest BCUT2D eigenvalue weighted by Crippen LogP contribution is -2.29. The van der Waals surface area contributed by atoms with Crippen LogP contribution in [0.25, 0.3) is 0 Å². The summed E-state index contributed by atoms with van der Waals surface area (Å²) in [6, 6.07) is 5.27. The standard InChI is InChI=1S/C15H23FN2O/c1-4-8-18-15(19)7-9-17-12(3)13-6-5-11(2)14(16)10-13/h5-6,10,12,17H,4,7-9H2,1-3H3,(H,18,19). The summed E-state index contributed by atoms with van der Waals surface area (Å²) >= 11 is 0. The molecule has 0 saturated heterocycles. The Bertz CT molecular complexity index is 421. The van der Waals surface area contributed by atoms with Gasteiger partial charge in [0, 0.05) is 25.6 Å². The van der Waals surface area contributed by atoms with E-state index in [4.69, 9.17) is 0 Å². The van der Waals surface area contributed by atoms with Gasteiger partial charge in [-0.15, -0.1) is 0 Å². The molecule has 106 valence electrons. The Morgan fingerprint density at radius 1 is 1.37 bits per heavy atom. The lowest BCUT2D eigenvalue weighted by atomic mass is 10.1. The van der Waals surface area contributed by atoms with E-state index in [1.807, 2.05) is 19.9 Å². The molecule has 19 heavy (non-hydrogen) atoms. The largest absolute Gasteiger partial charge is 0.356 e. The van der Waals surface area contributed by atoms with Gasteiger partial charge in [-0.1, -0.05) is 19.1 Å². The van der Waals surface area contributed by atoms with E-state index < -0.39 is 0 Å². The smallest absolute Gasteiger partial charge is 0.221 e. The lowest BCUT2D eigenvalue weighted by Gasteiger charge is -2.14. The highest BCUT2D eigenvalue weighted by Crippen LogP contribution is 2.16. The molecule has 1 unspecified atom stereocenters. The molecular weight excluding hydrogens is 243 g/mol. The van der Waals surface area contributed by atoms with Crippen molar-refractivity contribution in [1.29, 1.82) is 0 Å². The minimum atomic E-state index is -0.188. The second kappa shape index (κ2) is 7.89. The van der Waals surface area contributed by atoms with Gasteiger partial charge in [0.2, 0.25) is 5.91 Å². The number of hydrogen-bond acceptors (Lipinski definition) is 2. The van der Waals surface area contributed by atoms with Gasteiger partial charge in [-0.3, -0.25) is 4.79 Å². The number of nitrogens with one attached hydrogen (secondary N) is 2. The van der Waals surface area contributed by atoms with Crippen LogP contribution in [0.1, 0.15) is 43.9 Å². The van der Waals surface area contributed by atoms with Crippen LogP contribution in [0.3, 0.4) is 0 Å². The minimum absolute atomic E-state index is 0.0362. The molecule has 0 aliphatic carbocycles. The maximum atomic E-state index is 13.4. The van der Waals surface area contributed by atoms with Gasteiger partial charge >= 0.3 is 0 Å². The summed E-state index contributed by atoms with van der Waals surface area (Å²) in [6.07, 6.45) is 1.39. The molecular formula is C15H23FN2O. The van der Waals surface area contributed by atoms with E-state index in [9.17, 15) is 9.18 Å². The van der Waals surface area contributed by atoms with Crippen molar-refractivity contribution in [3.8, 4) is 0 Å². The SMILES string of the molecule is CCCNC(=O)CCNC(C)c1ccc(C)c(F)c1. The average molecular weight is 266 g/mol. The van der Waals surface area contributed by atoms with Gasteiger partial charge in [-0.2, -0.15) is 0 Å². The highest BCUT2D eigenvalue weighted by Gasteiger charge is 2.08. The minimum Gasteiger partial charge on any atom is -0.356 e. The number of amides is 1. The van der Waals surface area contributed by atoms with Crippen LogP contribution in [0.2, 0.25) is 0 Å². The first kappa shape index (κ1) is 15.6. The number of rotatable bonds is 7. The second-order valence-electron chi connectivity index (χ2n) is 4.78. The Morgan fingerprint density at radius 3 is 2.74 bits per heavy atom. The molecule has 4 heteroatoms. The van der Waals surface area contributed by atoms with E-state index in [1.165, 1.54) is 0 Å². The summed E-state index contributed by atoms with van der Waals surface area (Å²) in [7, 11) is 0. The predicted molar refractivity (Wildman–Crippen MR) is 75.5 cm³/mol. The van der Waals surface area contributed by atoms with Crippen LogP contribution >= 0.6 is 0 Å². The normalized spacial score (nSPS) is 12.2. The Hall–Kier alpha value is -1.42. The van der Waals surface area contributed by atoms with Crippen molar-refractivity contribution in [3.05, 3.63) is 35.1 Å². The van der Waals surface area contributed by atoms with Gasteiger partial charge in [0.1, 0.15) is 5.82 Å². The van der Waals surface area contributed by atoms with Crippen LogP contribution in [0, 0.1) is 12.7 Å². The van der Waals surface area contributed by atoms with Gasteiger partial charge in [0.25, 0.3) is 0 Å². The van der Waals surface area contributed by atoms with E-state index in [1.54, 1.807) is 19.1 Å². The number of aryl methyl sites for hydroxylation is 1. The first-order valence-corrected chi connectivity index (χ1v) is 6.80. The summed E-state index contributed by atoms with van der Waals surface area (Å²) in [5, 5.41) is 6.05. The quantitative estimate of drug-likeness (QED) is 0.796. The molecule has 1 aromatic rings. The molecule has 0 aromatic heterocycles. The Balaban J connectivity index is 2.36. The van der Waals surface area contributed by atoms with Crippen molar-refractivity contribution >= 4 is 5.91 Å². The highest BCUT2D eigenvalue weighted by molar-refractivity contribution is 5.75. The van der Waals surface area contributed by atoms with Crippen molar-refractivity contribution in [3.63, 3.8) is 0 Å². The molecule has 0 saturated carbocycles. The molecule has 0 bridgehead atoms. The van der Waals surface area contributed by atoms with E-state index >= 15 is 0 Å². The van der Waals surface area contributed by atoms with Crippen LogP contribution in [0.4, 0.5) is 4.39 Å². The summed E-state index contributed by atoms with van der Waals surface area (Å²) in [5.41, 5.74) is 1.55. The third-order valence-electron chi connectivity index (χ3n) is 3.07. The first-order valence-electron chi connectivity index (χ1n) is 6.80. The summed E-state index contributed by atoms with van der Waals surface area (Å²) < 4.78 is 13.4. The second-order valence-corrected chi connectivity index (χ2v) is 4.78. The van der Waals surface area contributed by atoms with Crippen LogP contribution in [-0.4, -0.2) is 19.0 Å². The molecule has 1 amide bonds. The fraction of sp³-hybridized carbons (Fsp3) is 0.533. The highest BCUT2D eigenvalue weighted by atomic mass is 19.1. The Kier molecular flexibility index (Phi) is 6.50. The molecule has 1 atom stereocenters. The molecule has 0 fully saturated rings. The van der Waals surface area contributed by atoms with Crippen LogP contribution in [0.15, 0.2) is 18.2 Å². The summed E-state index contributed by atoms with van der Waals surface area (Å²) in [5.74, 6) is -0.136. The summed E-state index contributed by atoms with van der Waals surface area (Å²) in [4.78, 5) is 11.4. The third-order valence-corrected chi connectivity index (χ3v) is 3.07. The molecule has 0 heterocycles. The fourth-order valence-electron chi connectivity index (χ4n) is 1.75. The van der Waals surface area contributed by atoms with E-state index in [-0.39, 0.29) is 17.8 Å². The third kappa shape index (κ3) is 5.39. The maximum Gasteiger partial charge on any atom is 0.221 e. The number of carbonyl (C=O) groups is 1. The van der Waals surface area contributed by atoms with Crippen LogP contribution in [-0.2, 0) is 4.79 Å². The van der Waals surface area contributed by atoms with E-state index in [0.29, 0.717) is 18.5 Å². The molecule has 0 aliphatic rings. The van der Waals surface area contributed by atoms with Gasteiger partial charge in [-0.05, 0) is 37.5 Å². The molecule has 2 N–H and O–H groups in total. The van der Waals surface area contributed by atoms with Gasteiger partial charge in [-0.25, -0.2) is 4.39 Å². The van der Waals surface area contributed by atoms with Crippen molar-refractivity contribution in [2.45, 2.75) is 39.7 Å². The van der Waals surface area contributed by atoms with Gasteiger partial charge in [0.05, 0.1) is 0 Å². The Labute approximate surface area is 114 Å². The first-order chi connectivity index (χ1) is 9.04. The molecule has 1 aromatic carbocycles. The van der Waals surface area contributed by atoms with Crippen molar-refractivity contribution < 1.29 is 9.18 Å². The van der Waals surface area contributed by atoms with Gasteiger partial charge < -0.3 is 10.6 Å². The molecule has 3 nitrogen and oxygen atoms in total. The number of halogens is 1. The molecule has 1 rings (SSSR count). The Morgan fingerprint density at radius 2 is 2.11 bits per heavy atom. The van der Waals surface area contributed by atoms with Crippen LogP contribution < -0.4 is 10.6 Å². The summed E-state index contributed by atoms with van der Waals surface area (Å²) in [6.45, 7) is 7.04. The zero-order chi connectivity index (χ0) is 14.3. The molecule has 0 radical (unpaired) electrons. The van der Waals surface area contributed by atoms with Crippen molar-refractivity contribution in [2.24, 2.45) is 0 Å². The number of carbonyl (C=O) groups excluding carboxylic acids is 1. The number of hydrogen-bond donors (Lipinski definition) is 2.